The van der Waals surface area contributed by atoms with Gasteiger partial charge in [0.05, 0.1) is 6.61 Å². The molecule has 0 aliphatic rings. The maximum absolute atomic E-state index is 12.1. The van der Waals surface area contributed by atoms with Gasteiger partial charge < -0.3 is 15.2 Å². The van der Waals surface area contributed by atoms with Gasteiger partial charge in [-0.15, -0.1) is 0 Å². The Balaban J connectivity index is 2.32. The largest absolute Gasteiger partial charge is 0.490 e. The van der Waals surface area contributed by atoms with Crippen molar-refractivity contribution in [3.8, 4) is 11.5 Å². The van der Waals surface area contributed by atoms with Gasteiger partial charge in [-0.3, -0.25) is 0 Å². The lowest BCUT2D eigenvalue weighted by Crippen LogP contribution is -2.05. The number of hydrogen-bond acceptors (Lipinski definition) is 3. The van der Waals surface area contributed by atoms with E-state index in [1.54, 1.807) is 18.2 Å². The Morgan fingerprint density at radius 1 is 1.00 bits per heavy atom. The predicted octanol–water partition coefficient (Wildman–Crippen LogP) is 3.19. The second-order valence-electron chi connectivity index (χ2n) is 3.88. The van der Waals surface area contributed by atoms with Gasteiger partial charge in [0.15, 0.2) is 11.5 Å². The van der Waals surface area contributed by atoms with E-state index in [0.717, 1.165) is 25.7 Å². The fourth-order valence-corrected chi connectivity index (χ4v) is 1.54. The van der Waals surface area contributed by atoms with Crippen molar-refractivity contribution in [2.45, 2.75) is 32.3 Å². The standard InChI is InChI=1S/C13H19F2NO2/c14-13(15)18-12-8-4-3-7-11(12)17-10-6-2-1-5-9-16/h3-4,7-8,13H,1-2,5-6,9-10,16H2. The van der Waals surface area contributed by atoms with Crippen LogP contribution in [0.5, 0.6) is 11.5 Å². The third-order valence-electron chi connectivity index (χ3n) is 2.42. The van der Waals surface area contributed by atoms with Gasteiger partial charge in [0.1, 0.15) is 0 Å². The lowest BCUT2D eigenvalue weighted by atomic mass is 10.2. The van der Waals surface area contributed by atoms with Gasteiger partial charge in [0, 0.05) is 0 Å². The summed E-state index contributed by atoms with van der Waals surface area (Å²) in [5.74, 6) is 0.436. The third kappa shape index (κ3) is 5.82. The Hall–Kier alpha value is -1.36. The van der Waals surface area contributed by atoms with E-state index in [0.29, 0.717) is 18.9 Å². The maximum atomic E-state index is 12.1. The Morgan fingerprint density at radius 2 is 1.67 bits per heavy atom. The summed E-state index contributed by atoms with van der Waals surface area (Å²) in [5, 5.41) is 0. The molecule has 5 heteroatoms. The molecule has 0 spiro atoms. The van der Waals surface area contributed by atoms with Crippen LogP contribution in [-0.2, 0) is 0 Å². The molecule has 1 aromatic rings. The summed E-state index contributed by atoms with van der Waals surface area (Å²) in [5.41, 5.74) is 5.38. The minimum Gasteiger partial charge on any atom is -0.490 e. The van der Waals surface area contributed by atoms with Crippen LogP contribution in [0.15, 0.2) is 24.3 Å². The first kappa shape index (κ1) is 14.7. The monoisotopic (exact) mass is 259 g/mol. The van der Waals surface area contributed by atoms with Crippen molar-refractivity contribution in [1.29, 1.82) is 0 Å². The molecule has 3 nitrogen and oxygen atoms in total. The highest BCUT2D eigenvalue weighted by molar-refractivity contribution is 5.39. The summed E-state index contributed by atoms with van der Waals surface area (Å²) in [6.07, 6.45) is 3.97. The summed E-state index contributed by atoms with van der Waals surface area (Å²) < 4.78 is 34.1. The van der Waals surface area contributed by atoms with E-state index in [-0.39, 0.29) is 5.75 Å². The zero-order valence-corrected chi connectivity index (χ0v) is 10.3. The van der Waals surface area contributed by atoms with E-state index < -0.39 is 6.61 Å². The van der Waals surface area contributed by atoms with Crippen molar-refractivity contribution < 1.29 is 18.3 Å². The Labute approximate surface area is 106 Å². The Morgan fingerprint density at radius 3 is 2.33 bits per heavy atom. The first-order valence-electron chi connectivity index (χ1n) is 6.10. The van der Waals surface area contributed by atoms with Crippen LogP contribution in [0.3, 0.4) is 0 Å². The minimum absolute atomic E-state index is 0.0782. The molecule has 1 aromatic carbocycles. The van der Waals surface area contributed by atoms with Crippen molar-refractivity contribution in [3.05, 3.63) is 24.3 Å². The molecule has 0 radical (unpaired) electrons. The number of nitrogens with two attached hydrogens (primary N) is 1. The molecule has 1 rings (SSSR count). The minimum atomic E-state index is -2.83. The van der Waals surface area contributed by atoms with Gasteiger partial charge in [-0.1, -0.05) is 25.0 Å². The highest BCUT2D eigenvalue weighted by Gasteiger charge is 2.09. The zero-order chi connectivity index (χ0) is 13.2. The summed E-state index contributed by atoms with van der Waals surface area (Å²) in [6, 6.07) is 6.45. The maximum Gasteiger partial charge on any atom is 0.387 e. The summed E-state index contributed by atoms with van der Waals surface area (Å²) >= 11 is 0. The van der Waals surface area contributed by atoms with E-state index in [1.165, 1.54) is 6.07 Å². The van der Waals surface area contributed by atoms with Crippen LogP contribution < -0.4 is 15.2 Å². The van der Waals surface area contributed by atoms with E-state index in [9.17, 15) is 8.78 Å². The van der Waals surface area contributed by atoms with Crippen molar-refractivity contribution in [2.75, 3.05) is 13.2 Å². The van der Waals surface area contributed by atoms with Crippen molar-refractivity contribution in [2.24, 2.45) is 5.73 Å². The lowest BCUT2D eigenvalue weighted by molar-refractivity contribution is -0.0515. The summed E-state index contributed by atoms with van der Waals surface area (Å²) in [7, 11) is 0. The third-order valence-corrected chi connectivity index (χ3v) is 2.42. The SMILES string of the molecule is NCCCCCCOc1ccccc1OC(F)F. The number of hydrogen-bond donors (Lipinski definition) is 1. The average molecular weight is 259 g/mol. The molecule has 0 saturated carbocycles. The molecule has 0 aliphatic heterocycles. The summed E-state index contributed by atoms with van der Waals surface area (Å²) in [4.78, 5) is 0. The zero-order valence-electron chi connectivity index (χ0n) is 10.3. The highest BCUT2D eigenvalue weighted by atomic mass is 19.3. The van der Waals surface area contributed by atoms with Crippen molar-refractivity contribution in [1.82, 2.24) is 0 Å². The van der Waals surface area contributed by atoms with Crippen molar-refractivity contribution in [3.63, 3.8) is 0 Å². The number of halogens is 2. The second-order valence-corrected chi connectivity index (χ2v) is 3.88. The number of unbranched alkanes of at least 4 members (excludes halogenated alkanes) is 3. The van der Waals surface area contributed by atoms with Crippen LogP contribution in [0.1, 0.15) is 25.7 Å². The molecule has 18 heavy (non-hydrogen) atoms. The normalized spacial score (nSPS) is 10.7. The van der Waals surface area contributed by atoms with Crippen LogP contribution in [0.4, 0.5) is 8.78 Å². The van der Waals surface area contributed by atoms with Crippen LogP contribution in [-0.4, -0.2) is 19.8 Å². The van der Waals surface area contributed by atoms with E-state index >= 15 is 0 Å². The molecule has 0 unspecified atom stereocenters. The van der Waals surface area contributed by atoms with Gasteiger partial charge >= 0.3 is 6.61 Å². The molecule has 0 amide bonds. The molecule has 2 N–H and O–H groups in total. The van der Waals surface area contributed by atoms with Crippen LogP contribution in [0.25, 0.3) is 0 Å². The van der Waals surface area contributed by atoms with Crippen LogP contribution >= 0.6 is 0 Å². The molecule has 0 fully saturated rings. The molecule has 0 heterocycles. The van der Waals surface area contributed by atoms with Crippen molar-refractivity contribution >= 4 is 0 Å². The van der Waals surface area contributed by atoms with Gasteiger partial charge in [-0.05, 0) is 31.5 Å². The van der Waals surface area contributed by atoms with Gasteiger partial charge in [0.2, 0.25) is 0 Å². The molecule has 0 saturated heterocycles. The topological polar surface area (TPSA) is 44.5 Å². The molecular formula is C13H19F2NO2. The lowest BCUT2D eigenvalue weighted by Gasteiger charge is -2.11. The number of ether oxygens (including phenoxy) is 2. The quantitative estimate of drug-likeness (QED) is 0.693. The average Bonchev–Trinajstić information content (AvgIpc) is 2.35. The molecular weight excluding hydrogens is 240 g/mol. The first-order valence-corrected chi connectivity index (χ1v) is 6.10. The molecule has 102 valence electrons. The fraction of sp³-hybridized carbons (Fsp3) is 0.538. The fourth-order valence-electron chi connectivity index (χ4n) is 1.54. The van der Waals surface area contributed by atoms with E-state index in [1.807, 2.05) is 0 Å². The Kier molecular flexibility index (Phi) is 7.10. The molecule has 0 aromatic heterocycles. The highest BCUT2D eigenvalue weighted by Crippen LogP contribution is 2.28. The van der Waals surface area contributed by atoms with Crippen LogP contribution in [0.2, 0.25) is 0 Å². The summed E-state index contributed by atoms with van der Waals surface area (Å²) in [6.45, 7) is -1.64. The molecule has 0 atom stereocenters. The predicted molar refractivity (Wildman–Crippen MR) is 66.1 cm³/mol. The van der Waals surface area contributed by atoms with Crippen LogP contribution in [0, 0.1) is 0 Å². The molecule has 0 bridgehead atoms. The first-order chi connectivity index (χ1) is 8.74. The number of rotatable bonds is 9. The van der Waals surface area contributed by atoms with Gasteiger partial charge in [-0.2, -0.15) is 8.78 Å². The number of para-hydroxylation sites is 2. The van der Waals surface area contributed by atoms with E-state index in [4.69, 9.17) is 10.5 Å². The second kappa shape index (κ2) is 8.69. The molecule has 0 aliphatic carbocycles. The van der Waals surface area contributed by atoms with E-state index in [2.05, 4.69) is 4.74 Å². The Bertz CT molecular complexity index is 335. The van der Waals surface area contributed by atoms with Gasteiger partial charge in [-0.25, -0.2) is 0 Å². The number of benzene rings is 1. The number of alkyl halides is 2. The smallest absolute Gasteiger partial charge is 0.387 e. The van der Waals surface area contributed by atoms with Gasteiger partial charge in [0.25, 0.3) is 0 Å².